The highest BCUT2D eigenvalue weighted by Crippen LogP contribution is 2.23. The Labute approximate surface area is 126 Å². The van der Waals surface area contributed by atoms with Crippen molar-refractivity contribution in [1.29, 1.82) is 0 Å². The predicted octanol–water partition coefficient (Wildman–Crippen LogP) is 3.32. The van der Waals surface area contributed by atoms with Gasteiger partial charge in [0.1, 0.15) is 5.82 Å². The monoisotopic (exact) mass is 289 g/mol. The summed E-state index contributed by atoms with van der Waals surface area (Å²) >= 11 is 0. The van der Waals surface area contributed by atoms with Crippen molar-refractivity contribution in [3.05, 3.63) is 52.6 Å². The van der Waals surface area contributed by atoms with Gasteiger partial charge in [0.05, 0.1) is 5.69 Å². The summed E-state index contributed by atoms with van der Waals surface area (Å²) in [6, 6.07) is 7.24. The van der Waals surface area contributed by atoms with E-state index in [4.69, 9.17) is 0 Å². The molecule has 1 aromatic heterocycles. The van der Waals surface area contributed by atoms with Crippen LogP contribution in [0, 0.1) is 12.7 Å². The van der Waals surface area contributed by atoms with Crippen molar-refractivity contribution in [3.63, 3.8) is 0 Å². The Morgan fingerprint density at radius 2 is 2.05 bits per heavy atom. The largest absolute Gasteiger partial charge is 0.310 e. The van der Waals surface area contributed by atoms with Crippen molar-refractivity contribution in [2.24, 2.45) is 7.05 Å². The average molecular weight is 289 g/mol. The first-order valence-corrected chi connectivity index (χ1v) is 7.56. The van der Waals surface area contributed by atoms with Gasteiger partial charge in [-0.1, -0.05) is 19.9 Å². The lowest BCUT2D eigenvalue weighted by Crippen LogP contribution is -2.24. The Morgan fingerprint density at radius 1 is 1.29 bits per heavy atom. The Bertz CT molecular complexity index is 604. The van der Waals surface area contributed by atoms with E-state index in [1.54, 1.807) is 6.07 Å². The number of aromatic nitrogens is 2. The number of hydrogen-bond acceptors (Lipinski definition) is 2. The Hall–Kier alpha value is -1.68. The van der Waals surface area contributed by atoms with E-state index in [1.165, 1.54) is 11.8 Å². The minimum atomic E-state index is -0.183. The van der Waals surface area contributed by atoms with Crippen molar-refractivity contribution in [2.45, 2.75) is 39.7 Å². The van der Waals surface area contributed by atoms with Crippen LogP contribution < -0.4 is 5.32 Å². The summed E-state index contributed by atoms with van der Waals surface area (Å²) < 4.78 is 15.5. The molecule has 114 valence electrons. The van der Waals surface area contributed by atoms with E-state index < -0.39 is 0 Å². The number of hydrogen-bond donors (Lipinski definition) is 1. The average Bonchev–Trinajstić information content (AvgIpc) is 2.82. The fourth-order valence-electron chi connectivity index (χ4n) is 2.67. The van der Waals surface area contributed by atoms with E-state index in [-0.39, 0.29) is 11.9 Å². The van der Waals surface area contributed by atoms with Gasteiger partial charge in [-0.15, -0.1) is 0 Å². The topological polar surface area (TPSA) is 29.9 Å². The minimum absolute atomic E-state index is 0.103. The molecule has 2 aromatic rings. The zero-order valence-corrected chi connectivity index (χ0v) is 13.3. The molecule has 2 rings (SSSR count). The maximum atomic E-state index is 13.6. The van der Waals surface area contributed by atoms with Crippen LogP contribution in [-0.2, 0) is 19.9 Å². The summed E-state index contributed by atoms with van der Waals surface area (Å²) in [5, 5.41) is 7.95. The molecule has 0 amide bonds. The highest BCUT2D eigenvalue weighted by molar-refractivity contribution is 5.31. The van der Waals surface area contributed by atoms with Crippen LogP contribution in [0.4, 0.5) is 4.39 Å². The van der Waals surface area contributed by atoms with Crippen molar-refractivity contribution in [3.8, 4) is 0 Å². The predicted molar refractivity (Wildman–Crippen MR) is 83.8 cm³/mol. The second kappa shape index (κ2) is 6.85. The van der Waals surface area contributed by atoms with E-state index in [0.717, 1.165) is 36.2 Å². The van der Waals surface area contributed by atoms with E-state index in [9.17, 15) is 4.39 Å². The summed E-state index contributed by atoms with van der Waals surface area (Å²) in [5.74, 6) is -0.183. The molecule has 0 saturated heterocycles. The van der Waals surface area contributed by atoms with Gasteiger partial charge in [0.25, 0.3) is 0 Å². The summed E-state index contributed by atoms with van der Waals surface area (Å²) in [4.78, 5) is 0. The molecular formula is C17H24FN3. The third-order valence-electron chi connectivity index (χ3n) is 3.87. The number of likely N-dealkylation sites (N-methyl/N-ethyl adjacent to an activating group) is 1. The normalized spacial score (nSPS) is 12.6. The maximum Gasteiger partial charge on any atom is 0.123 e. The number of rotatable bonds is 6. The van der Waals surface area contributed by atoms with Crippen LogP contribution in [0.2, 0.25) is 0 Å². The zero-order chi connectivity index (χ0) is 15.4. The minimum Gasteiger partial charge on any atom is -0.310 e. The molecule has 3 nitrogen and oxygen atoms in total. The van der Waals surface area contributed by atoms with Crippen LogP contribution in [-0.4, -0.2) is 16.3 Å². The summed E-state index contributed by atoms with van der Waals surface area (Å²) in [6.07, 6.45) is 1.74. The fourth-order valence-corrected chi connectivity index (χ4v) is 2.67. The van der Waals surface area contributed by atoms with Crippen LogP contribution in [0.15, 0.2) is 24.3 Å². The van der Waals surface area contributed by atoms with Crippen LogP contribution in [0.25, 0.3) is 0 Å². The fraction of sp³-hybridized carbons (Fsp3) is 0.471. The Morgan fingerprint density at radius 3 is 2.67 bits per heavy atom. The van der Waals surface area contributed by atoms with E-state index >= 15 is 0 Å². The third-order valence-corrected chi connectivity index (χ3v) is 3.87. The summed E-state index contributed by atoms with van der Waals surface area (Å²) in [7, 11) is 1.97. The van der Waals surface area contributed by atoms with Crippen LogP contribution in [0.5, 0.6) is 0 Å². The van der Waals surface area contributed by atoms with Crippen LogP contribution in [0.1, 0.15) is 42.4 Å². The van der Waals surface area contributed by atoms with Gasteiger partial charge in [-0.3, -0.25) is 4.68 Å². The van der Waals surface area contributed by atoms with Crippen molar-refractivity contribution < 1.29 is 4.39 Å². The number of benzene rings is 1. The SMILES string of the molecule is CCNC(Cc1cc(CC)nn1C)c1cc(F)ccc1C. The molecule has 1 atom stereocenters. The lowest BCUT2D eigenvalue weighted by Gasteiger charge is -2.20. The molecule has 1 aromatic carbocycles. The lowest BCUT2D eigenvalue weighted by molar-refractivity contribution is 0.521. The number of halogens is 1. The van der Waals surface area contributed by atoms with Crippen molar-refractivity contribution in [1.82, 2.24) is 15.1 Å². The molecule has 0 bridgehead atoms. The molecule has 1 heterocycles. The first-order chi connectivity index (χ1) is 10.0. The molecule has 0 fully saturated rings. The Balaban J connectivity index is 2.30. The zero-order valence-electron chi connectivity index (χ0n) is 13.3. The second-order valence-corrected chi connectivity index (χ2v) is 5.42. The van der Waals surface area contributed by atoms with Crippen molar-refractivity contribution in [2.75, 3.05) is 6.54 Å². The molecule has 0 aliphatic carbocycles. The van der Waals surface area contributed by atoms with Gasteiger partial charge in [0.2, 0.25) is 0 Å². The quantitative estimate of drug-likeness (QED) is 0.884. The smallest absolute Gasteiger partial charge is 0.123 e. The Kier molecular flexibility index (Phi) is 5.12. The van der Waals surface area contributed by atoms with Gasteiger partial charge in [-0.05, 0) is 49.2 Å². The second-order valence-electron chi connectivity index (χ2n) is 5.42. The first kappa shape index (κ1) is 15.7. The van der Waals surface area contributed by atoms with E-state index in [2.05, 4.69) is 30.3 Å². The maximum absolute atomic E-state index is 13.6. The molecule has 1 N–H and O–H groups in total. The van der Waals surface area contributed by atoms with Crippen molar-refractivity contribution >= 4 is 0 Å². The van der Waals surface area contributed by atoms with Crippen LogP contribution >= 0.6 is 0 Å². The number of nitrogens with zero attached hydrogens (tertiary/aromatic N) is 2. The van der Waals surface area contributed by atoms with Gasteiger partial charge in [0.15, 0.2) is 0 Å². The number of nitrogens with one attached hydrogen (secondary N) is 1. The molecule has 0 aliphatic heterocycles. The highest BCUT2D eigenvalue weighted by Gasteiger charge is 2.17. The third kappa shape index (κ3) is 3.70. The van der Waals surface area contributed by atoms with Gasteiger partial charge in [0, 0.05) is 25.2 Å². The van der Waals surface area contributed by atoms with E-state index in [1.807, 2.05) is 24.7 Å². The highest BCUT2D eigenvalue weighted by atomic mass is 19.1. The molecule has 21 heavy (non-hydrogen) atoms. The molecule has 4 heteroatoms. The molecule has 0 saturated carbocycles. The van der Waals surface area contributed by atoms with Gasteiger partial charge < -0.3 is 5.32 Å². The van der Waals surface area contributed by atoms with E-state index in [0.29, 0.717) is 0 Å². The lowest BCUT2D eigenvalue weighted by atomic mass is 9.97. The van der Waals surface area contributed by atoms with Gasteiger partial charge >= 0.3 is 0 Å². The first-order valence-electron chi connectivity index (χ1n) is 7.56. The number of aryl methyl sites for hydroxylation is 3. The summed E-state index contributed by atoms with van der Waals surface area (Å²) in [5.41, 5.74) is 4.40. The summed E-state index contributed by atoms with van der Waals surface area (Å²) in [6.45, 7) is 7.05. The van der Waals surface area contributed by atoms with Gasteiger partial charge in [-0.2, -0.15) is 5.10 Å². The standard InChI is InChI=1S/C17H24FN3/c1-5-14-10-15(21(4)20-14)11-17(19-6-2)16-9-13(18)8-7-12(16)3/h7-10,17,19H,5-6,11H2,1-4H3. The molecular weight excluding hydrogens is 265 g/mol. The van der Waals surface area contributed by atoms with Crippen LogP contribution in [0.3, 0.4) is 0 Å². The molecule has 0 radical (unpaired) electrons. The molecule has 1 unspecified atom stereocenters. The molecule has 0 aliphatic rings. The molecule has 0 spiro atoms. The van der Waals surface area contributed by atoms with Gasteiger partial charge in [-0.25, -0.2) is 4.39 Å².